The average Bonchev–Trinajstić information content (AvgIpc) is 3.38. The number of ether oxygens (including phenoxy) is 3. The third-order valence-electron chi connectivity index (χ3n) is 12.2. The normalized spacial score (nSPS) is 13.0. The minimum Gasteiger partial charge on any atom is -0.462 e. The first-order valence-corrected chi connectivity index (χ1v) is 29.5. The van der Waals surface area contributed by atoms with E-state index in [1.165, 1.54) is 57.8 Å². The van der Waals surface area contributed by atoms with Crippen LogP contribution in [0.3, 0.4) is 0 Å². The molecule has 0 saturated carbocycles. The van der Waals surface area contributed by atoms with Crippen LogP contribution in [0.2, 0.25) is 0 Å². The molecule has 0 saturated heterocycles. The molecule has 0 radical (unpaired) electrons. The van der Waals surface area contributed by atoms with Crippen LogP contribution >= 0.6 is 0 Å². The SMILES string of the molecule is CC/C=C\C/C=C\C/C=C\C/C=C\C/C=C\C/C=C\C/C=C\CCCCCCCC(=O)OCC(COC(=O)CCCCCCC/C=C\CCCC)OC(=O)CCCCCCC/C=C\C/C=C\CCCCCC. The maximum Gasteiger partial charge on any atom is 0.306 e. The third kappa shape index (κ3) is 56.7. The van der Waals surface area contributed by atoms with Gasteiger partial charge in [0, 0.05) is 19.3 Å². The second-order valence-corrected chi connectivity index (χ2v) is 19.2. The highest BCUT2D eigenvalue weighted by atomic mass is 16.6. The second-order valence-electron chi connectivity index (χ2n) is 19.2. The number of unbranched alkanes of at least 4 members (excludes halogenated alkanes) is 21. The molecule has 0 N–H and O–H groups in total. The van der Waals surface area contributed by atoms with Gasteiger partial charge in [-0.05, 0) is 128 Å². The largest absolute Gasteiger partial charge is 0.462 e. The van der Waals surface area contributed by atoms with E-state index in [1.54, 1.807) is 0 Å². The van der Waals surface area contributed by atoms with Crippen LogP contribution in [0.1, 0.15) is 258 Å². The van der Waals surface area contributed by atoms with Gasteiger partial charge in [-0.25, -0.2) is 0 Å². The lowest BCUT2D eigenvalue weighted by Crippen LogP contribution is -2.30. The van der Waals surface area contributed by atoms with Gasteiger partial charge in [0.25, 0.3) is 0 Å². The molecule has 0 aromatic carbocycles. The molecule has 0 aliphatic heterocycles. The lowest BCUT2D eigenvalue weighted by molar-refractivity contribution is -0.167. The third-order valence-corrected chi connectivity index (χ3v) is 12.2. The highest BCUT2D eigenvalue weighted by molar-refractivity contribution is 5.71. The summed E-state index contributed by atoms with van der Waals surface area (Å²) in [6.45, 7) is 6.43. The molecule has 1 unspecified atom stereocenters. The Bertz CT molecular complexity index is 1520. The molecule has 0 fully saturated rings. The summed E-state index contributed by atoms with van der Waals surface area (Å²) in [5.41, 5.74) is 0. The first-order valence-electron chi connectivity index (χ1n) is 29.5. The molecule has 0 bridgehead atoms. The molecule has 0 spiro atoms. The van der Waals surface area contributed by atoms with Gasteiger partial charge in [-0.2, -0.15) is 0 Å². The number of hydrogen-bond donors (Lipinski definition) is 0. The lowest BCUT2D eigenvalue weighted by atomic mass is 10.1. The highest BCUT2D eigenvalue weighted by Gasteiger charge is 2.19. The van der Waals surface area contributed by atoms with Crippen molar-refractivity contribution in [2.24, 2.45) is 0 Å². The smallest absolute Gasteiger partial charge is 0.306 e. The Morgan fingerprint density at radius 2 is 0.556 bits per heavy atom. The molecule has 6 heteroatoms. The predicted octanol–water partition coefficient (Wildman–Crippen LogP) is 20.0. The molecule has 6 nitrogen and oxygen atoms in total. The Balaban J connectivity index is 4.37. The summed E-state index contributed by atoms with van der Waals surface area (Å²) in [5, 5.41) is 0. The van der Waals surface area contributed by atoms with E-state index in [2.05, 4.69) is 142 Å². The van der Waals surface area contributed by atoms with E-state index in [9.17, 15) is 14.4 Å². The van der Waals surface area contributed by atoms with Crippen LogP contribution in [0.4, 0.5) is 0 Å². The van der Waals surface area contributed by atoms with E-state index >= 15 is 0 Å². The number of allylic oxidation sites excluding steroid dienone is 20. The molecule has 408 valence electrons. The molecule has 0 aliphatic carbocycles. The van der Waals surface area contributed by atoms with Crippen LogP contribution in [0, 0.1) is 0 Å². The van der Waals surface area contributed by atoms with Crippen molar-refractivity contribution in [2.75, 3.05) is 13.2 Å². The standard InChI is InChI=1S/C66H108O6/c1-4-7-10-13-16-19-22-24-26-28-29-30-31-32-33-34-35-36-37-38-40-41-44-47-50-53-56-59-65(68)71-62-63(61-70-64(67)58-55-52-49-46-43-21-18-15-12-9-6-3)72-66(69)60-57-54-51-48-45-42-39-27-25-23-20-17-14-11-8-5-2/h7,10,15-16,18-20,23-24,26-27,29-30,32-33,35-36,38-40,63H,4-6,8-9,11-14,17,21-22,25,28,31,34,37,41-62H2,1-3H3/b10-7-,18-15-,19-16-,23-20-,26-24-,30-29-,33-32-,36-35-,39-27-,40-38-. The number of carbonyl (C=O) groups excluding carboxylic acids is 3. The van der Waals surface area contributed by atoms with E-state index in [0.717, 1.165) is 161 Å². The lowest BCUT2D eigenvalue weighted by Gasteiger charge is -2.18. The zero-order valence-corrected chi connectivity index (χ0v) is 46.7. The molecular weight excluding hydrogens is 889 g/mol. The number of esters is 3. The highest BCUT2D eigenvalue weighted by Crippen LogP contribution is 2.13. The molecule has 1 atom stereocenters. The van der Waals surface area contributed by atoms with Crippen LogP contribution in [0.5, 0.6) is 0 Å². The summed E-state index contributed by atoms with van der Waals surface area (Å²) in [5.74, 6) is -0.941. The fourth-order valence-corrected chi connectivity index (χ4v) is 7.73. The van der Waals surface area contributed by atoms with Crippen molar-refractivity contribution >= 4 is 17.9 Å². The first-order chi connectivity index (χ1) is 35.5. The van der Waals surface area contributed by atoms with E-state index in [0.29, 0.717) is 19.3 Å². The molecule has 0 amide bonds. The van der Waals surface area contributed by atoms with Crippen molar-refractivity contribution in [1.29, 1.82) is 0 Å². The Morgan fingerprint density at radius 3 is 0.903 bits per heavy atom. The van der Waals surface area contributed by atoms with E-state index < -0.39 is 6.10 Å². The average molecular weight is 998 g/mol. The van der Waals surface area contributed by atoms with E-state index in [-0.39, 0.29) is 31.1 Å². The zero-order chi connectivity index (χ0) is 52.2. The molecule has 0 aromatic rings. The topological polar surface area (TPSA) is 78.9 Å². The summed E-state index contributed by atoms with van der Waals surface area (Å²) >= 11 is 0. The number of carbonyl (C=O) groups is 3. The Labute approximate surface area is 443 Å². The van der Waals surface area contributed by atoms with Gasteiger partial charge < -0.3 is 14.2 Å². The van der Waals surface area contributed by atoms with E-state index in [4.69, 9.17) is 14.2 Å². The Morgan fingerprint density at radius 1 is 0.292 bits per heavy atom. The van der Waals surface area contributed by atoms with Gasteiger partial charge in [0.1, 0.15) is 13.2 Å². The van der Waals surface area contributed by atoms with Gasteiger partial charge in [-0.3, -0.25) is 14.4 Å². The van der Waals surface area contributed by atoms with Gasteiger partial charge in [-0.1, -0.05) is 232 Å². The summed E-state index contributed by atoms with van der Waals surface area (Å²) < 4.78 is 16.8. The molecule has 0 heterocycles. The minimum atomic E-state index is -0.800. The van der Waals surface area contributed by atoms with Crippen molar-refractivity contribution in [3.8, 4) is 0 Å². The van der Waals surface area contributed by atoms with Gasteiger partial charge >= 0.3 is 17.9 Å². The van der Waals surface area contributed by atoms with Crippen molar-refractivity contribution < 1.29 is 28.6 Å². The monoisotopic (exact) mass is 997 g/mol. The maximum absolute atomic E-state index is 12.8. The fourth-order valence-electron chi connectivity index (χ4n) is 7.73. The molecule has 0 aliphatic rings. The molecule has 72 heavy (non-hydrogen) atoms. The number of hydrogen-bond acceptors (Lipinski definition) is 6. The Hall–Kier alpha value is -4.19. The van der Waals surface area contributed by atoms with Crippen molar-refractivity contribution in [2.45, 2.75) is 264 Å². The Kier molecular flexibility index (Phi) is 55.9. The van der Waals surface area contributed by atoms with Crippen LogP contribution in [0.25, 0.3) is 0 Å². The van der Waals surface area contributed by atoms with Crippen molar-refractivity contribution in [1.82, 2.24) is 0 Å². The van der Waals surface area contributed by atoms with Gasteiger partial charge in [0.2, 0.25) is 0 Å². The summed E-state index contributed by atoms with van der Waals surface area (Å²) in [6, 6.07) is 0. The van der Waals surface area contributed by atoms with Crippen molar-refractivity contribution in [3.63, 3.8) is 0 Å². The first kappa shape index (κ1) is 67.8. The van der Waals surface area contributed by atoms with Gasteiger partial charge in [-0.15, -0.1) is 0 Å². The summed E-state index contributed by atoms with van der Waals surface area (Å²) in [6.07, 6.45) is 81.9. The molecule has 0 rings (SSSR count). The minimum absolute atomic E-state index is 0.0969. The summed E-state index contributed by atoms with van der Waals surface area (Å²) in [4.78, 5) is 38.1. The fraction of sp³-hybridized carbons (Fsp3) is 0.652. The number of rotatable bonds is 52. The molecule has 0 aromatic heterocycles. The van der Waals surface area contributed by atoms with E-state index in [1.807, 2.05) is 0 Å². The quantitative estimate of drug-likeness (QED) is 0.0261. The van der Waals surface area contributed by atoms with Gasteiger partial charge in [0.05, 0.1) is 0 Å². The van der Waals surface area contributed by atoms with Crippen LogP contribution < -0.4 is 0 Å². The van der Waals surface area contributed by atoms with Crippen LogP contribution in [0.15, 0.2) is 122 Å². The van der Waals surface area contributed by atoms with Crippen molar-refractivity contribution in [3.05, 3.63) is 122 Å². The van der Waals surface area contributed by atoms with Crippen LogP contribution in [-0.4, -0.2) is 37.2 Å². The maximum atomic E-state index is 12.8. The predicted molar refractivity (Wildman–Crippen MR) is 311 cm³/mol. The summed E-state index contributed by atoms with van der Waals surface area (Å²) in [7, 11) is 0. The van der Waals surface area contributed by atoms with Crippen LogP contribution in [-0.2, 0) is 28.6 Å². The second kappa shape index (κ2) is 59.4. The van der Waals surface area contributed by atoms with Gasteiger partial charge in [0.15, 0.2) is 6.10 Å². The zero-order valence-electron chi connectivity index (χ0n) is 46.7. The molecular formula is C66H108O6.